The van der Waals surface area contributed by atoms with E-state index in [1.165, 1.54) is 0 Å². The normalized spacial score (nSPS) is 19.4. The predicted molar refractivity (Wildman–Crippen MR) is 128 cm³/mol. The van der Waals surface area contributed by atoms with Crippen LogP contribution in [0, 0.1) is 11.3 Å². The van der Waals surface area contributed by atoms with Crippen molar-refractivity contribution >= 4 is 28.9 Å². The first-order chi connectivity index (χ1) is 16.7. The van der Waals surface area contributed by atoms with Crippen LogP contribution in [0.4, 0.5) is 5.69 Å². The van der Waals surface area contributed by atoms with E-state index in [1.54, 1.807) is 0 Å². The lowest BCUT2D eigenvalue weighted by molar-refractivity contribution is -0.116. The molecule has 3 heterocycles. The van der Waals surface area contributed by atoms with E-state index in [0.29, 0.717) is 39.9 Å². The number of fused-ring (bicyclic) bond motifs is 1. The van der Waals surface area contributed by atoms with Gasteiger partial charge in [0, 0.05) is 40.8 Å². The fraction of sp³-hybridized carbons (Fsp3) is 0.185. The molecule has 1 atom stereocenters. The van der Waals surface area contributed by atoms with Crippen molar-refractivity contribution in [1.82, 2.24) is 4.57 Å². The molecule has 0 fully saturated rings. The fourth-order valence-electron chi connectivity index (χ4n) is 5.09. The van der Waals surface area contributed by atoms with Gasteiger partial charge >= 0.3 is 0 Å². The van der Waals surface area contributed by atoms with E-state index in [-0.39, 0.29) is 12.6 Å². The van der Waals surface area contributed by atoms with Crippen molar-refractivity contribution in [2.24, 2.45) is 0 Å². The number of nitriles is 1. The molecule has 7 heteroatoms. The molecule has 3 aromatic rings. The van der Waals surface area contributed by atoms with Crippen molar-refractivity contribution in [2.45, 2.75) is 25.2 Å². The van der Waals surface area contributed by atoms with Gasteiger partial charge in [-0.25, -0.2) is 0 Å². The maximum atomic E-state index is 13.4. The van der Waals surface area contributed by atoms with Crippen LogP contribution >= 0.6 is 11.6 Å². The second-order valence-corrected chi connectivity index (χ2v) is 8.87. The minimum absolute atomic E-state index is 0.0650. The molecular weight excluding hydrogens is 450 g/mol. The molecule has 6 nitrogen and oxygen atoms in total. The summed E-state index contributed by atoms with van der Waals surface area (Å²) in [6.45, 7) is 0.161. The maximum absolute atomic E-state index is 13.4. The summed E-state index contributed by atoms with van der Waals surface area (Å²) in [6.07, 6.45) is 5.76. The second kappa shape index (κ2) is 8.12. The van der Waals surface area contributed by atoms with Gasteiger partial charge in [-0.15, -0.1) is 0 Å². The first-order valence-electron chi connectivity index (χ1n) is 11.1. The highest BCUT2D eigenvalue weighted by Gasteiger charge is 2.42. The topological polar surface area (TPSA) is 67.5 Å². The Morgan fingerprint density at radius 3 is 2.62 bits per heavy atom. The zero-order chi connectivity index (χ0) is 23.2. The molecule has 1 aliphatic carbocycles. The van der Waals surface area contributed by atoms with E-state index in [1.807, 2.05) is 76.5 Å². The van der Waals surface area contributed by atoms with Crippen molar-refractivity contribution < 1.29 is 14.3 Å². The summed E-state index contributed by atoms with van der Waals surface area (Å²) in [5.74, 6) is 1.55. The molecule has 168 valence electrons. The lowest BCUT2D eigenvalue weighted by atomic mass is 9.75. The Kier molecular flexibility index (Phi) is 4.93. The molecule has 2 aromatic carbocycles. The monoisotopic (exact) mass is 469 g/mol. The molecule has 2 aliphatic heterocycles. The van der Waals surface area contributed by atoms with Gasteiger partial charge in [-0.1, -0.05) is 23.7 Å². The molecule has 3 aliphatic rings. The van der Waals surface area contributed by atoms with Crippen molar-refractivity contribution in [3.05, 3.63) is 94.4 Å². The first kappa shape index (κ1) is 20.6. The van der Waals surface area contributed by atoms with Gasteiger partial charge in [-0.05, 0) is 60.9 Å². The quantitative estimate of drug-likeness (QED) is 0.479. The summed E-state index contributed by atoms with van der Waals surface area (Å²) >= 11 is 6.37. The zero-order valence-corrected chi connectivity index (χ0v) is 19.0. The van der Waals surface area contributed by atoms with Gasteiger partial charge < -0.3 is 14.0 Å². The number of hydrogen-bond donors (Lipinski definition) is 0. The van der Waals surface area contributed by atoms with Crippen molar-refractivity contribution in [3.63, 3.8) is 0 Å². The molecule has 0 saturated carbocycles. The number of rotatable bonds is 3. The number of Topliss-reactive ketones (excluding diaryl/α,β-unsaturated/α-hetero) is 1. The minimum atomic E-state index is -0.505. The molecule has 0 saturated heterocycles. The molecule has 34 heavy (non-hydrogen) atoms. The van der Waals surface area contributed by atoms with Gasteiger partial charge in [-0.2, -0.15) is 5.26 Å². The van der Waals surface area contributed by atoms with Crippen LogP contribution in [-0.4, -0.2) is 17.1 Å². The minimum Gasteiger partial charge on any atom is -0.454 e. The number of aromatic nitrogens is 1. The van der Waals surface area contributed by atoms with Crippen LogP contribution in [0.1, 0.15) is 30.7 Å². The summed E-state index contributed by atoms with van der Waals surface area (Å²) < 4.78 is 13.0. The van der Waals surface area contributed by atoms with Crippen LogP contribution in [0.5, 0.6) is 11.5 Å². The summed E-state index contributed by atoms with van der Waals surface area (Å²) in [6, 6.07) is 19.5. The number of hydrogen-bond acceptors (Lipinski definition) is 5. The number of ketones is 1. The Balaban J connectivity index is 1.65. The number of carbonyl (C=O) groups excluding carboxylic acids is 1. The third-order valence-electron chi connectivity index (χ3n) is 6.49. The van der Waals surface area contributed by atoms with Crippen molar-refractivity contribution in [3.8, 4) is 17.6 Å². The Hall–Kier alpha value is -3.95. The van der Waals surface area contributed by atoms with E-state index in [4.69, 9.17) is 21.1 Å². The molecule has 0 bridgehead atoms. The highest BCUT2D eigenvalue weighted by molar-refractivity contribution is 6.30. The van der Waals surface area contributed by atoms with E-state index in [0.717, 1.165) is 29.8 Å². The number of ether oxygens (including phenoxy) is 2. The van der Waals surface area contributed by atoms with Crippen LogP contribution in [0.3, 0.4) is 0 Å². The van der Waals surface area contributed by atoms with Gasteiger partial charge in [0.05, 0.1) is 17.6 Å². The molecule has 1 unspecified atom stereocenters. The van der Waals surface area contributed by atoms with E-state index in [2.05, 4.69) is 6.07 Å². The van der Waals surface area contributed by atoms with E-state index >= 15 is 0 Å². The summed E-state index contributed by atoms with van der Waals surface area (Å²) in [7, 11) is 0. The molecule has 6 rings (SSSR count). The fourth-order valence-corrected chi connectivity index (χ4v) is 5.28. The number of allylic oxidation sites excluding steroid dienone is 3. The Morgan fingerprint density at radius 1 is 1.00 bits per heavy atom. The highest BCUT2D eigenvalue weighted by atomic mass is 35.5. The Morgan fingerprint density at radius 2 is 1.82 bits per heavy atom. The number of anilines is 1. The average molecular weight is 470 g/mol. The van der Waals surface area contributed by atoms with Crippen LogP contribution in [-0.2, 0) is 4.79 Å². The predicted octanol–water partition coefficient (Wildman–Crippen LogP) is 5.87. The molecule has 0 radical (unpaired) electrons. The van der Waals surface area contributed by atoms with E-state index < -0.39 is 5.92 Å². The third kappa shape index (κ3) is 3.20. The van der Waals surface area contributed by atoms with Gasteiger partial charge in [0.15, 0.2) is 17.3 Å². The molecular formula is C27H20ClN3O3. The Labute approximate surface area is 201 Å². The van der Waals surface area contributed by atoms with Crippen LogP contribution in [0.25, 0.3) is 5.82 Å². The molecule has 0 N–H and O–H groups in total. The smallest absolute Gasteiger partial charge is 0.231 e. The number of nitrogens with zero attached hydrogens (tertiary/aromatic N) is 3. The summed E-state index contributed by atoms with van der Waals surface area (Å²) in [5.41, 5.74) is 3.71. The molecule has 0 amide bonds. The van der Waals surface area contributed by atoms with Crippen LogP contribution in [0.2, 0.25) is 5.02 Å². The third-order valence-corrected chi connectivity index (χ3v) is 6.73. The van der Waals surface area contributed by atoms with Crippen molar-refractivity contribution in [2.75, 3.05) is 11.7 Å². The SMILES string of the molecule is N#CC1=C(n2cccc2)N(c2cccc(Cl)c2)C2=C(C(=O)CCC2)C1c1ccc2c(c1)OCO2. The lowest BCUT2D eigenvalue weighted by Gasteiger charge is -2.41. The maximum Gasteiger partial charge on any atom is 0.231 e. The summed E-state index contributed by atoms with van der Waals surface area (Å²) in [4.78, 5) is 15.5. The largest absolute Gasteiger partial charge is 0.454 e. The van der Waals surface area contributed by atoms with Crippen LogP contribution < -0.4 is 14.4 Å². The van der Waals surface area contributed by atoms with Gasteiger partial charge in [-0.3, -0.25) is 9.69 Å². The number of halogens is 1. The summed E-state index contributed by atoms with van der Waals surface area (Å²) in [5, 5.41) is 11.1. The first-order valence-corrected chi connectivity index (χ1v) is 11.5. The molecule has 1 aromatic heterocycles. The Bertz CT molecular complexity index is 1420. The highest BCUT2D eigenvalue weighted by Crippen LogP contribution is 2.50. The lowest BCUT2D eigenvalue weighted by Crippen LogP contribution is -2.36. The zero-order valence-electron chi connectivity index (χ0n) is 18.2. The average Bonchev–Trinajstić information content (AvgIpc) is 3.54. The number of carbonyl (C=O) groups is 1. The van der Waals surface area contributed by atoms with Crippen LogP contribution in [0.15, 0.2) is 83.8 Å². The van der Waals surface area contributed by atoms with Crippen molar-refractivity contribution in [1.29, 1.82) is 5.26 Å². The second-order valence-electron chi connectivity index (χ2n) is 8.44. The standard InChI is InChI=1S/C27H20ClN3O3/c28-18-5-3-6-19(14-18)31-21-7-4-8-22(32)26(21)25(17-9-10-23-24(13-17)34-16-33-23)20(15-29)27(31)30-11-1-2-12-30/h1-3,5-6,9-14,25H,4,7-8,16H2. The van der Waals surface area contributed by atoms with Gasteiger partial charge in [0.1, 0.15) is 5.82 Å². The number of benzene rings is 2. The van der Waals surface area contributed by atoms with Gasteiger partial charge in [0.2, 0.25) is 6.79 Å². The molecule has 0 spiro atoms. The van der Waals surface area contributed by atoms with E-state index in [9.17, 15) is 10.1 Å². The van der Waals surface area contributed by atoms with Gasteiger partial charge in [0.25, 0.3) is 0 Å².